The lowest BCUT2D eigenvalue weighted by atomic mass is 10.2. The van der Waals surface area contributed by atoms with E-state index in [0.717, 1.165) is 49.3 Å². The molecule has 0 spiro atoms. The van der Waals surface area contributed by atoms with Crippen molar-refractivity contribution in [3.8, 4) is 0 Å². The first kappa shape index (κ1) is 24.4. The van der Waals surface area contributed by atoms with Gasteiger partial charge in [0.1, 0.15) is 4.90 Å². The van der Waals surface area contributed by atoms with E-state index in [1.165, 1.54) is 3.97 Å². The second kappa shape index (κ2) is 10.3. The van der Waals surface area contributed by atoms with Crippen molar-refractivity contribution in [3.05, 3.63) is 78.9 Å². The molecular formula is C26H28N5O3S2+. The van der Waals surface area contributed by atoms with Crippen LogP contribution in [0.4, 0.5) is 11.4 Å². The van der Waals surface area contributed by atoms with Crippen molar-refractivity contribution in [1.82, 2.24) is 9.88 Å². The molecule has 10 heteroatoms. The van der Waals surface area contributed by atoms with E-state index >= 15 is 0 Å². The van der Waals surface area contributed by atoms with Crippen molar-refractivity contribution >= 4 is 50.1 Å². The van der Waals surface area contributed by atoms with Gasteiger partial charge < -0.3 is 15.1 Å². The van der Waals surface area contributed by atoms with Gasteiger partial charge in [-0.05, 0) is 55.2 Å². The number of carbonyl (C=O) groups excluding carboxylic acids is 1. The fourth-order valence-corrected chi connectivity index (χ4v) is 6.87. The smallest absolute Gasteiger partial charge is 0.336 e. The normalized spacial score (nSPS) is 14.8. The Labute approximate surface area is 215 Å². The number of carbonyl (C=O) groups is 1. The number of nitrogens with zero attached hydrogens (tertiary/aromatic N) is 3. The molecule has 2 heterocycles. The summed E-state index contributed by atoms with van der Waals surface area (Å²) in [7, 11) is -1.76. The van der Waals surface area contributed by atoms with Gasteiger partial charge >= 0.3 is 15.2 Å². The van der Waals surface area contributed by atoms with E-state index < -0.39 is 10.0 Å². The number of amides is 1. The maximum atomic E-state index is 13.5. The molecule has 2 N–H and O–H groups in total. The zero-order valence-corrected chi connectivity index (χ0v) is 21.6. The number of anilines is 2. The van der Waals surface area contributed by atoms with Crippen molar-refractivity contribution in [2.45, 2.75) is 10.1 Å². The lowest BCUT2D eigenvalue weighted by Crippen LogP contribution is -2.44. The van der Waals surface area contributed by atoms with Crippen molar-refractivity contribution < 1.29 is 17.2 Å². The summed E-state index contributed by atoms with van der Waals surface area (Å²) in [4.78, 5) is 20.9. The maximum absolute atomic E-state index is 13.5. The first-order valence-corrected chi connectivity index (χ1v) is 14.1. The second-order valence-corrected chi connectivity index (χ2v) is 11.4. The third kappa shape index (κ3) is 4.97. The number of nitrogens with one attached hydrogen (secondary N) is 2. The summed E-state index contributed by atoms with van der Waals surface area (Å²) < 4.78 is 28.3. The monoisotopic (exact) mass is 522 g/mol. The van der Waals surface area contributed by atoms with Crippen LogP contribution in [0.15, 0.2) is 88.9 Å². The number of fused-ring (bicyclic) bond motifs is 1. The highest BCUT2D eigenvalue weighted by Gasteiger charge is 2.32. The first-order chi connectivity index (χ1) is 17.4. The number of hydrogen-bond donors (Lipinski definition) is 2. The predicted octanol–water partition coefficient (Wildman–Crippen LogP) is 3.18. The summed E-state index contributed by atoms with van der Waals surface area (Å²) in [5, 5.41) is 3.40. The van der Waals surface area contributed by atoms with Gasteiger partial charge in [0.25, 0.3) is 0 Å². The van der Waals surface area contributed by atoms with Gasteiger partial charge in [0.15, 0.2) is 11.0 Å². The van der Waals surface area contributed by atoms with Crippen LogP contribution in [0.2, 0.25) is 0 Å². The van der Waals surface area contributed by atoms with Crippen molar-refractivity contribution in [3.63, 3.8) is 0 Å². The number of benzene rings is 3. The minimum absolute atomic E-state index is 0.0498. The Morgan fingerprint density at radius 3 is 2.39 bits per heavy atom. The number of hydrogen-bond acceptors (Lipinski definition) is 6. The SMILES string of the molecule is CN1CCN(c2ccccc2NC(=O)CSc2[nH]c3ccccc3[n+]2S(=O)(=O)c2ccccc2)CC1. The summed E-state index contributed by atoms with van der Waals surface area (Å²) in [5.41, 5.74) is 2.97. The molecule has 0 atom stereocenters. The number of para-hydroxylation sites is 4. The standard InChI is InChI=1S/C26H27N5O3S2/c1-29-15-17-30(18-16-29)23-13-7-5-11-21(23)27-25(32)19-35-26-28-22-12-6-8-14-24(22)31(26)36(33,34)20-9-3-2-4-10-20/h2-14H,15-19H2,1H3,(H,27,32)/p+1. The van der Waals surface area contributed by atoms with Crippen LogP contribution in [-0.4, -0.2) is 63.2 Å². The number of thioether (sulfide) groups is 1. The van der Waals surface area contributed by atoms with Crippen molar-refractivity contribution in [1.29, 1.82) is 0 Å². The number of piperazine rings is 1. The largest absolute Gasteiger partial charge is 0.367 e. The molecule has 1 aromatic heterocycles. The Bertz CT molecular complexity index is 1480. The number of imidazole rings is 1. The van der Waals surface area contributed by atoms with Gasteiger partial charge in [0, 0.05) is 26.2 Å². The molecule has 0 unspecified atom stereocenters. The summed E-state index contributed by atoms with van der Waals surface area (Å²) in [6.07, 6.45) is 0. The average molecular weight is 523 g/mol. The summed E-state index contributed by atoms with van der Waals surface area (Å²) in [6.45, 7) is 3.72. The number of rotatable bonds is 7. The van der Waals surface area contributed by atoms with E-state index in [1.54, 1.807) is 42.5 Å². The Kier molecular flexibility index (Phi) is 6.99. The number of likely N-dealkylation sites (N-methyl/N-ethyl adjacent to an activating group) is 1. The number of aromatic amines is 1. The molecule has 0 saturated carbocycles. The van der Waals surface area contributed by atoms with Gasteiger partial charge in [0.2, 0.25) is 5.91 Å². The van der Waals surface area contributed by atoms with Crippen molar-refractivity contribution in [2.75, 3.05) is 49.2 Å². The molecule has 36 heavy (non-hydrogen) atoms. The lowest BCUT2D eigenvalue weighted by Gasteiger charge is -2.35. The van der Waals surface area contributed by atoms with Crippen LogP contribution in [-0.2, 0) is 14.8 Å². The molecule has 0 bridgehead atoms. The van der Waals surface area contributed by atoms with E-state index in [4.69, 9.17) is 0 Å². The maximum Gasteiger partial charge on any atom is 0.336 e. The van der Waals surface area contributed by atoms with Crippen molar-refractivity contribution in [2.24, 2.45) is 0 Å². The van der Waals surface area contributed by atoms with E-state index in [9.17, 15) is 13.2 Å². The predicted molar refractivity (Wildman–Crippen MR) is 143 cm³/mol. The van der Waals surface area contributed by atoms with Crippen LogP contribution in [0.25, 0.3) is 11.0 Å². The molecule has 1 amide bonds. The average Bonchev–Trinajstić information content (AvgIpc) is 3.28. The summed E-state index contributed by atoms with van der Waals surface area (Å²) >= 11 is 1.16. The molecule has 3 aromatic carbocycles. The zero-order valence-electron chi connectivity index (χ0n) is 19.9. The molecule has 4 aromatic rings. The number of H-pyrrole nitrogens is 1. The molecule has 186 valence electrons. The van der Waals surface area contributed by atoms with E-state index in [1.807, 2.05) is 36.4 Å². The minimum Gasteiger partial charge on any atom is -0.367 e. The zero-order chi connectivity index (χ0) is 25.1. The fourth-order valence-electron chi connectivity index (χ4n) is 4.29. The van der Waals surface area contributed by atoms with Crippen LogP contribution in [0, 0.1) is 0 Å². The van der Waals surface area contributed by atoms with Crippen LogP contribution in [0.3, 0.4) is 0 Å². The van der Waals surface area contributed by atoms with E-state index in [0.29, 0.717) is 16.2 Å². The second-order valence-electron chi connectivity index (χ2n) is 8.67. The van der Waals surface area contributed by atoms with Gasteiger partial charge in [0.05, 0.1) is 17.1 Å². The lowest BCUT2D eigenvalue weighted by molar-refractivity contribution is -0.526. The Morgan fingerprint density at radius 1 is 0.944 bits per heavy atom. The Balaban J connectivity index is 1.37. The van der Waals surface area contributed by atoms with E-state index in [-0.39, 0.29) is 16.6 Å². The molecule has 0 aliphatic carbocycles. The van der Waals surface area contributed by atoms with Crippen LogP contribution < -0.4 is 14.2 Å². The molecule has 5 rings (SSSR count). The molecule has 1 saturated heterocycles. The minimum atomic E-state index is -3.86. The van der Waals surface area contributed by atoms with Gasteiger partial charge in [-0.25, -0.2) is 4.98 Å². The molecule has 0 radical (unpaired) electrons. The quantitative estimate of drug-likeness (QED) is 0.286. The Morgan fingerprint density at radius 2 is 1.61 bits per heavy atom. The molecular weight excluding hydrogens is 494 g/mol. The molecule has 1 aliphatic heterocycles. The first-order valence-electron chi connectivity index (χ1n) is 11.7. The molecule has 1 fully saturated rings. The summed E-state index contributed by atoms with van der Waals surface area (Å²) in [6, 6.07) is 23.3. The fraction of sp³-hybridized carbons (Fsp3) is 0.231. The van der Waals surface area contributed by atoms with Gasteiger partial charge in [-0.1, -0.05) is 42.5 Å². The van der Waals surface area contributed by atoms with Crippen LogP contribution in [0.5, 0.6) is 0 Å². The van der Waals surface area contributed by atoms with Gasteiger partial charge in [-0.3, -0.25) is 4.79 Å². The number of aromatic nitrogens is 2. The topological polar surface area (TPSA) is 89.4 Å². The third-order valence-corrected chi connectivity index (χ3v) is 9.00. The van der Waals surface area contributed by atoms with E-state index in [2.05, 4.69) is 27.1 Å². The highest BCUT2D eigenvalue weighted by Crippen LogP contribution is 2.27. The third-order valence-electron chi connectivity index (χ3n) is 6.19. The van der Waals surface area contributed by atoms with Gasteiger partial charge in [-0.15, -0.1) is 3.97 Å². The van der Waals surface area contributed by atoms with Crippen LogP contribution >= 0.6 is 11.8 Å². The molecule has 1 aliphatic rings. The molecule has 8 nitrogen and oxygen atoms in total. The highest BCUT2D eigenvalue weighted by atomic mass is 32.2. The van der Waals surface area contributed by atoms with Crippen LogP contribution in [0.1, 0.15) is 0 Å². The summed E-state index contributed by atoms with van der Waals surface area (Å²) in [5.74, 6) is -0.155. The van der Waals surface area contributed by atoms with Gasteiger partial charge in [-0.2, -0.15) is 8.42 Å². The Hall–Kier alpha value is -3.34. The highest BCUT2D eigenvalue weighted by molar-refractivity contribution is 8.00.